The van der Waals surface area contributed by atoms with E-state index in [1.807, 2.05) is 0 Å². The number of rotatable bonds is 36. The minimum atomic E-state index is -4.85. The number of phosphoric acid groups is 2. The first-order chi connectivity index (χ1) is 24.1. The molecule has 0 bridgehead atoms. The number of esters is 2. The Hall–Kier alpha value is -0.880. The third-order valence-electron chi connectivity index (χ3n) is 8.34. The molecular weight excluding hydrogens is 702 g/mol. The van der Waals surface area contributed by atoms with Crippen LogP contribution in [0.15, 0.2) is 0 Å². The summed E-state index contributed by atoms with van der Waals surface area (Å²) in [6.07, 6.45) is 20.0. The molecule has 0 rings (SSSR count). The maximum absolute atomic E-state index is 12.6. The number of aliphatic hydroxyl groups is 1. The summed E-state index contributed by atoms with van der Waals surface area (Å²) in [5.74, 6) is 0.467. The number of unbranched alkanes of at least 4 members (excludes halogenated alkanes) is 16. The normalized spacial score (nSPS) is 14.5. The highest BCUT2D eigenvalue weighted by Crippen LogP contribution is 2.43. The highest BCUT2D eigenvalue weighted by Gasteiger charge is 2.28. The number of carbonyl (C=O) groups is 2. The van der Waals surface area contributed by atoms with Gasteiger partial charge in [0.2, 0.25) is 0 Å². The lowest BCUT2D eigenvalue weighted by molar-refractivity contribution is -0.161. The van der Waals surface area contributed by atoms with E-state index in [1.54, 1.807) is 0 Å². The molecule has 0 spiro atoms. The molecule has 0 aliphatic heterocycles. The van der Waals surface area contributed by atoms with Crippen molar-refractivity contribution < 1.29 is 61.6 Å². The van der Waals surface area contributed by atoms with Gasteiger partial charge in [-0.15, -0.1) is 0 Å². The van der Waals surface area contributed by atoms with E-state index in [0.29, 0.717) is 18.8 Å². The summed E-state index contributed by atoms with van der Waals surface area (Å²) < 4.78 is 47.5. The molecule has 304 valence electrons. The molecule has 1 unspecified atom stereocenters. The van der Waals surface area contributed by atoms with Gasteiger partial charge in [0.25, 0.3) is 0 Å². The summed E-state index contributed by atoms with van der Waals surface area (Å²) in [5, 5.41) is 9.70. The molecule has 0 fully saturated rings. The fraction of sp³-hybridized carbons (Fsp3) is 0.944. The molecule has 4 N–H and O–H groups in total. The van der Waals surface area contributed by atoms with Crippen LogP contribution in [0.3, 0.4) is 0 Å². The smallest absolute Gasteiger partial charge is 0.462 e. The summed E-state index contributed by atoms with van der Waals surface area (Å²) in [6, 6.07) is 0. The average molecular weight is 775 g/mol. The lowest BCUT2D eigenvalue weighted by Gasteiger charge is -2.20. The molecule has 13 nitrogen and oxygen atoms in total. The first-order valence-corrected chi connectivity index (χ1v) is 22.5. The van der Waals surface area contributed by atoms with Gasteiger partial charge in [0.15, 0.2) is 6.10 Å². The van der Waals surface area contributed by atoms with Crippen molar-refractivity contribution in [2.75, 3.05) is 26.4 Å². The van der Waals surface area contributed by atoms with Crippen molar-refractivity contribution in [1.29, 1.82) is 0 Å². The summed E-state index contributed by atoms with van der Waals surface area (Å²) >= 11 is 0. The second-order valence-corrected chi connectivity index (χ2v) is 17.2. The monoisotopic (exact) mass is 774 g/mol. The molecule has 0 saturated carbocycles. The van der Waals surface area contributed by atoms with Crippen LogP contribution < -0.4 is 0 Å². The van der Waals surface area contributed by atoms with Gasteiger partial charge in [0, 0.05) is 12.8 Å². The Kier molecular flexibility index (Phi) is 30.9. The molecule has 51 heavy (non-hydrogen) atoms. The molecule has 0 heterocycles. The first kappa shape index (κ1) is 50.1. The van der Waals surface area contributed by atoms with E-state index in [0.717, 1.165) is 44.4 Å². The fourth-order valence-electron chi connectivity index (χ4n) is 5.36. The summed E-state index contributed by atoms with van der Waals surface area (Å²) in [7, 11) is -9.64. The van der Waals surface area contributed by atoms with Gasteiger partial charge in [0.05, 0.1) is 19.8 Å². The van der Waals surface area contributed by atoms with Gasteiger partial charge >= 0.3 is 27.6 Å². The molecule has 0 aliphatic rings. The molecular formula is C36H72O13P2. The quantitative estimate of drug-likeness (QED) is 0.0268. The Labute approximate surface area is 308 Å². The van der Waals surface area contributed by atoms with Crippen LogP contribution in [0.25, 0.3) is 0 Å². The third-order valence-corrected chi connectivity index (χ3v) is 9.78. The standard InChI is InChI=1S/C36H72O13P2/c1-31(2)23-19-15-11-9-7-5-6-8-10-12-18-22-26-36(39)49-34(29-45-35(38)25-21-17-14-13-16-20-24-32(3)4)30-48-51(43,44)47-28-33(37)27-46-50(40,41)42/h31-34,37H,5-30H2,1-4H3,(H,43,44)(H2,40,41,42)/t33-,34+/m0/s1. The zero-order valence-corrected chi connectivity index (χ0v) is 33.8. The van der Waals surface area contributed by atoms with E-state index in [-0.39, 0.29) is 19.4 Å². The Bertz CT molecular complexity index is 957. The molecule has 0 aromatic heterocycles. The minimum absolute atomic E-state index is 0.136. The average Bonchev–Trinajstić information content (AvgIpc) is 3.04. The lowest BCUT2D eigenvalue weighted by Crippen LogP contribution is -2.30. The second-order valence-electron chi connectivity index (χ2n) is 14.5. The minimum Gasteiger partial charge on any atom is -0.462 e. The number of phosphoric ester groups is 2. The Morgan fingerprint density at radius 2 is 0.882 bits per heavy atom. The van der Waals surface area contributed by atoms with Crippen molar-refractivity contribution in [2.45, 2.75) is 181 Å². The predicted molar refractivity (Wildman–Crippen MR) is 198 cm³/mol. The number of hydrogen-bond acceptors (Lipinski definition) is 10. The molecule has 0 saturated heterocycles. The molecule has 0 aliphatic carbocycles. The summed E-state index contributed by atoms with van der Waals surface area (Å²) in [5.41, 5.74) is 0. The van der Waals surface area contributed by atoms with Crippen LogP contribution in [0, 0.1) is 11.8 Å². The second kappa shape index (κ2) is 31.5. The molecule has 0 aromatic carbocycles. The van der Waals surface area contributed by atoms with E-state index in [2.05, 4.69) is 36.7 Å². The molecule has 3 atom stereocenters. The van der Waals surface area contributed by atoms with E-state index in [9.17, 15) is 28.7 Å². The SMILES string of the molecule is CC(C)CCCCCCCCCCCCCCC(=O)O[C@H](COC(=O)CCCCCCCCC(C)C)COP(=O)(O)OC[C@@H](O)COP(=O)(O)O. The van der Waals surface area contributed by atoms with E-state index in [4.69, 9.17) is 23.8 Å². The highest BCUT2D eigenvalue weighted by atomic mass is 31.2. The van der Waals surface area contributed by atoms with Crippen LogP contribution in [0.2, 0.25) is 0 Å². The molecule has 0 aromatic rings. The lowest BCUT2D eigenvalue weighted by atomic mass is 10.0. The van der Waals surface area contributed by atoms with Crippen LogP contribution in [0.5, 0.6) is 0 Å². The molecule has 0 amide bonds. The number of hydrogen-bond donors (Lipinski definition) is 4. The zero-order valence-electron chi connectivity index (χ0n) is 32.1. The topological polar surface area (TPSA) is 195 Å². The van der Waals surface area contributed by atoms with Gasteiger partial charge in [-0.25, -0.2) is 9.13 Å². The maximum Gasteiger partial charge on any atom is 0.472 e. The summed E-state index contributed by atoms with van der Waals surface area (Å²) in [6.45, 7) is 6.28. The van der Waals surface area contributed by atoms with Crippen LogP contribution in [0.4, 0.5) is 0 Å². The Morgan fingerprint density at radius 1 is 0.510 bits per heavy atom. The van der Waals surface area contributed by atoms with Crippen molar-refractivity contribution in [3.8, 4) is 0 Å². The summed E-state index contributed by atoms with van der Waals surface area (Å²) in [4.78, 5) is 52.4. The number of carbonyl (C=O) groups excluding carboxylic acids is 2. The van der Waals surface area contributed by atoms with Gasteiger partial charge in [-0.3, -0.25) is 23.2 Å². The molecule has 0 radical (unpaired) electrons. The maximum atomic E-state index is 12.6. The third kappa shape index (κ3) is 37.2. The van der Waals surface area contributed by atoms with Gasteiger partial charge in [-0.2, -0.15) is 0 Å². The van der Waals surface area contributed by atoms with Crippen LogP contribution >= 0.6 is 15.6 Å². The fourth-order valence-corrected chi connectivity index (χ4v) is 6.52. The van der Waals surface area contributed by atoms with Crippen LogP contribution in [0.1, 0.15) is 169 Å². The largest absolute Gasteiger partial charge is 0.472 e. The Balaban J connectivity index is 4.53. The highest BCUT2D eigenvalue weighted by molar-refractivity contribution is 7.47. The van der Waals surface area contributed by atoms with Crippen molar-refractivity contribution >= 4 is 27.6 Å². The van der Waals surface area contributed by atoms with Gasteiger partial charge in [-0.1, -0.05) is 143 Å². The Morgan fingerprint density at radius 3 is 1.31 bits per heavy atom. The van der Waals surface area contributed by atoms with Gasteiger partial charge in [-0.05, 0) is 24.7 Å². The number of aliphatic hydroxyl groups excluding tert-OH is 1. The van der Waals surface area contributed by atoms with Gasteiger partial charge in [0.1, 0.15) is 12.7 Å². The first-order valence-electron chi connectivity index (χ1n) is 19.4. The van der Waals surface area contributed by atoms with Gasteiger partial charge < -0.3 is 29.3 Å². The van der Waals surface area contributed by atoms with Crippen molar-refractivity contribution in [3.63, 3.8) is 0 Å². The van der Waals surface area contributed by atoms with E-state index < -0.39 is 59.6 Å². The van der Waals surface area contributed by atoms with Crippen molar-refractivity contribution in [2.24, 2.45) is 11.8 Å². The predicted octanol–water partition coefficient (Wildman–Crippen LogP) is 8.94. The van der Waals surface area contributed by atoms with Crippen LogP contribution in [-0.2, 0) is 41.8 Å². The van der Waals surface area contributed by atoms with E-state index in [1.165, 1.54) is 77.0 Å². The van der Waals surface area contributed by atoms with Crippen LogP contribution in [-0.4, -0.2) is 70.4 Å². The zero-order chi connectivity index (χ0) is 38.4. The van der Waals surface area contributed by atoms with Crippen molar-refractivity contribution in [1.82, 2.24) is 0 Å². The van der Waals surface area contributed by atoms with E-state index >= 15 is 0 Å². The van der Waals surface area contributed by atoms with Crippen molar-refractivity contribution in [3.05, 3.63) is 0 Å². The number of ether oxygens (including phenoxy) is 2. The molecule has 15 heteroatoms.